The van der Waals surface area contributed by atoms with Crippen molar-refractivity contribution in [3.8, 4) is 5.75 Å². The molecule has 0 saturated carbocycles. The van der Waals surface area contributed by atoms with Gasteiger partial charge in [-0.2, -0.15) is 0 Å². The number of likely N-dealkylation sites (tertiary alicyclic amines) is 1. The molecule has 26 heavy (non-hydrogen) atoms. The van der Waals surface area contributed by atoms with Gasteiger partial charge in [0.1, 0.15) is 11.6 Å². The Morgan fingerprint density at radius 2 is 2.04 bits per heavy atom. The van der Waals surface area contributed by atoms with Crippen LogP contribution >= 0.6 is 0 Å². The normalized spacial score (nSPS) is 17.0. The van der Waals surface area contributed by atoms with E-state index < -0.39 is 0 Å². The van der Waals surface area contributed by atoms with Crippen LogP contribution in [0, 0.1) is 11.7 Å². The second-order valence-electron chi connectivity index (χ2n) is 6.35. The standard InChI is InChI=1S/C19H23FN4O2/c1-2-21-19-22-10-15(11-23-19)18(25)24-9-3-4-14(12-24)13-26-17-7-5-16(20)6-8-17/h5-8,10-11,14H,2-4,9,12-13H2,1H3,(H,21,22,23)/t14-/m1/s1. The number of nitrogens with zero attached hydrogens (tertiary/aromatic N) is 3. The number of piperidine rings is 1. The average molecular weight is 358 g/mol. The van der Waals surface area contributed by atoms with E-state index in [0.717, 1.165) is 25.9 Å². The molecule has 1 aromatic heterocycles. The van der Waals surface area contributed by atoms with Crippen molar-refractivity contribution >= 4 is 11.9 Å². The molecular formula is C19H23FN4O2. The van der Waals surface area contributed by atoms with Crippen molar-refractivity contribution in [2.75, 3.05) is 31.6 Å². The van der Waals surface area contributed by atoms with Gasteiger partial charge in [0.05, 0.1) is 12.2 Å². The van der Waals surface area contributed by atoms with Gasteiger partial charge in [0.25, 0.3) is 5.91 Å². The maximum absolute atomic E-state index is 12.9. The lowest BCUT2D eigenvalue weighted by Gasteiger charge is -2.32. The highest BCUT2D eigenvalue weighted by atomic mass is 19.1. The van der Waals surface area contributed by atoms with Gasteiger partial charge in [0.15, 0.2) is 0 Å². The Balaban J connectivity index is 1.55. The molecule has 0 spiro atoms. The zero-order valence-electron chi connectivity index (χ0n) is 14.8. The van der Waals surface area contributed by atoms with Gasteiger partial charge in [-0.05, 0) is 44.0 Å². The fourth-order valence-electron chi connectivity index (χ4n) is 3.00. The van der Waals surface area contributed by atoms with E-state index in [-0.39, 0.29) is 17.6 Å². The summed E-state index contributed by atoms with van der Waals surface area (Å²) in [6, 6.07) is 5.99. The van der Waals surface area contributed by atoms with E-state index in [4.69, 9.17) is 4.74 Å². The zero-order chi connectivity index (χ0) is 18.4. The molecule has 0 unspecified atom stereocenters. The first-order valence-corrected chi connectivity index (χ1v) is 8.89. The minimum atomic E-state index is -0.283. The lowest BCUT2D eigenvalue weighted by molar-refractivity contribution is 0.0632. The van der Waals surface area contributed by atoms with E-state index in [1.807, 2.05) is 11.8 Å². The largest absolute Gasteiger partial charge is 0.493 e. The van der Waals surface area contributed by atoms with E-state index in [0.29, 0.717) is 30.4 Å². The second-order valence-corrected chi connectivity index (χ2v) is 6.35. The molecule has 1 N–H and O–H groups in total. The van der Waals surface area contributed by atoms with Crippen LogP contribution in [0.4, 0.5) is 10.3 Å². The molecule has 1 atom stereocenters. The van der Waals surface area contributed by atoms with Crippen molar-refractivity contribution in [3.63, 3.8) is 0 Å². The number of benzene rings is 1. The predicted octanol–water partition coefficient (Wildman–Crippen LogP) is 2.98. The van der Waals surface area contributed by atoms with E-state index in [9.17, 15) is 9.18 Å². The average Bonchev–Trinajstić information content (AvgIpc) is 2.68. The van der Waals surface area contributed by atoms with Crippen molar-refractivity contribution in [1.29, 1.82) is 0 Å². The van der Waals surface area contributed by atoms with E-state index in [1.165, 1.54) is 12.1 Å². The molecular weight excluding hydrogens is 335 g/mol. The summed E-state index contributed by atoms with van der Waals surface area (Å²) in [4.78, 5) is 22.8. The monoisotopic (exact) mass is 358 g/mol. The van der Waals surface area contributed by atoms with Crippen molar-refractivity contribution in [2.24, 2.45) is 5.92 Å². The summed E-state index contributed by atoms with van der Waals surface area (Å²) in [7, 11) is 0. The number of carbonyl (C=O) groups excluding carboxylic acids is 1. The topological polar surface area (TPSA) is 67.4 Å². The van der Waals surface area contributed by atoms with Crippen molar-refractivity contribution in [3.05, 3.63) is 48.0 Å². The fraction of sp³-hybridized carbons (Fsp3) is 0.421. The van der Waals surface area contributed by atoms with Crippen LogP contribution in [0.1, 0.15) is 30.1 Å². The quantitative estimate of drug-likeness (QED) is 0.860. The maximum atomic E-state index is 12.9. The summed E-state index contributed by atoms with van der Waals surface area (Å²) < 4.78 is 18.7. The van der Waals surface area contributed by atoms with Crippen LogP contribution in [-0.4, -0.2) is 47.0 Å². The molecule has 2 heterocycles. The van der Waals surface area contributed by atoms with Gasteiger partial charge in [0.2, 0.25) is 5.95 Å². The van der Waals surface area contributed by atoms with Crippen LogP contribution in [-0.2, 0) is 0 Å². The Hall–Kier alpha value is -2.70. The Bertz CT molecular complexity index is 721. The van der Waals surface area contributed by atoms with E-state index >= 15 is 0 Å². The Morgan fingerprint density at radius 1 is 1.31 bits per heavy atom. The molecule has 1 amide bonds. The molecule has 1 fully saturated rings. The highest BCUT2D eigenvalue weighted by molar-refractivity contribution is 5.93. The minimum Gasteiger partial charge on any atom is -0.493 e. The number of amides is 1. The molecule has 0 aliphatic carbocycles. The summed E-state index contributed by atoms with van der Waals surface area (Å²) in [5.74, 6) is 1.07. The summed E-state index contributed by atoms with van der Waals surface area (Å²) in [6.07, 6.45) is 5.05. The lowest BCUT2D eigenvalue weighted by atomic mass is 9.98. The van der Waals surface area contributed by atoms with Crippen LogP contribution < -0.4 is 10.1 Å². The number of hydrogen-bond acceptors (Lipinski definition) is 5. The third-order valence-corrected chi connectivity index (χ3v) is 4.34. The molecule has 0 radical (unpaired) electrons. The van der Waals surface area contributed by atoms with Crippen LogP contribution in [0.25, 0.3) is 0 Å². The molecule has 138 valence electrons. The Kier molecular flexibility index (Phi) is 5.99. The van der Waals surface area contributed by atoms with E-state index in [2.05, 4.69) is 15.3 Å². The molecule has 6 nitrogen and oxygen atoms in total. The molecule has 1 aliphatic heterocycles. The van der Waals surface area contributed by atoms with Crippen LogP contribution in [0.15, 0.2) is 36.7 Å². The number of nitrogens with one attached hydrogen (secondary N) is 1. The number of aromatic nitrogens is 2. The van der Waals surface area contributed by atoms with Gasteiger partial charge in [-0.15, -0.1) is 0 Å². The molecule has 3 rings (SSSR count). The van der Waals surface area contributed by atoms with Gasteiger partial charge in [-0.25, -0.2) is 14.4 Å². The van der Waals surface area contributed by atoms with Gasteiger partial charge >= 0.3 is 0 Å². The molecule has 0 bridgehead atoms. The number of carbonyl (C=O) groups is 1. The molecule has 7 heteroatoms. The van der Waals surface area contributed by atoms with Gasteiger partial charge in [-0.3, -0.25) is 4.79 Å². The van der Waals surface area contributed by atoms with Crippen LogP contribution in [0.3, 0.4) is 0 Å². The smallest absolute Gasteiger partial charge is 0.257 e. The van der Waals surface area contributed by atoms with Gasteiger partial charge in [-0.1, -0.05) is 0 Å². The lowest BCUT2D eigenvalue weighted by Crippen LogP contribution is -2.41. The highest BCUT2D eigenvalue weighted by Crippen LogP contribution is 2.20. The maximum Gasteiger partial charge on any atom is 0.257 e. The number of ether oxygens (including phenoxy) is 1. The summed E-state index contributed by atoms with van der Waals surface area (Å²) in [6.45, 7) is 4.56. The number of rotatable bonds is 6. The third kappa shape index (κ3) is 4.68. The summed E-state index contributed by atoms with van der Waals surface area (Å²) >= 11 is 0. The summed E-state index contributed by atoms with van der Waals surface area (Å²) in [5.41, 5.74) is 0.492. The highest BCUT2D eigenvalue weighted by Gasteiger charge is 2.25. The minimum absolute atomic E-state index is 0.0560. The van der Waals surface area contributed by atoms with Gasteiger partial charge < -0.3 is 15.0 Å². The van der Waals surface area contributed by atoms with Crippen LogP contribution in [0.5, 0.6) is 5.75 Å². The molecule has 2 aromatic rings. The van der Waals surface area contributed by atoms with E-state index in [1.54, 1.807) is 24.5 Å². The van der Waals surface area contributed by atoms with Crippen molar-refractivity contribution in [2.45, 2.75) is 19.8 Å². The summed E-state index contributed by atoms with van der Waals surface area (Å²) in [5, 5.41) is 3.01. The number of hydrogen-bond donors (Lipinski definition) is 1. The first-order chi connectivity index (χ1) is 12.7. The SMILES string of the molecule is CCNc1ncc(C(=O)N2CCC[C@@H](COc3ccc(F)cc3)C2)cn1. The Morgan fingerprint density at radius 3 is 2.73 bits per heavy atom. The predicted molar refractivity (Wildman–Crippen MR) is 96.7 cm³/mol. The fourth-order valence-corrected chi connectivity index (χ4v) is 3.00. The van der Waals surface area contributed by atoms with Gasteiger partial charge in [0, 0.05) is 37.9 Å². The number of anilines is 1. The first kappa shape index (κ1) is 18.1. The van der Waals surface area contributed by atoms with Crippen LogP contribution in [0.2, 0.25) is 0 Å². The third-order valence-electron chi connectivity index (χ3n) is 4.34. The number of halogens is 1. The molecule has 1 saturated heterocycles. The van der Waals surface area contributed by atoms with Crippen molar-refractivity contribution in [1.82, 2.24) is 14.9 Å². The molecule has 1 aliphatic rings. The first-order valence-electron chi connectivity index (χ1n) is 8.89. The second kappa shape index (κ2) is 8.60. The zero-order valence-corrected chi connectivity index (χ0v) is 14.8. The Labute approximate surface area is 152 Å². The van der Waals surface area contributed by atoms with Crippen molar-refractivity contribution < 1.29 is 13.9 Å². The molecule has 1 aromatic carbocycles.